The van der Waals surface area contributed by atoms with Gasteiger partial charge in [0.2, 0.25) is 0 Å². The molecule has 1 aromatic rings. The van der Waals surface area contributed by atoms with Crippen molar-refractivity contribution in [3.63, 3.8) is 0 Å². The van der Waals surface area contributed by atoms with E-state index in [0.717, 1.165) is 0 Å². The highest BCUT2D eigenvalue weighted by atomic mass is 16.5. The fraction of sp³-hybridized carbons (Fsp3) is 0.429. The van der Waals surface area contributed by atoms with Gasteiger partial charge in [-0.2, -0.15) is 0 Å². The van der Waals surface area contributed by atoms with E-state index < -0.39 is 23.3 Å². The van der Waals surface area contributed by atoms with E-state index in [2.05, 4.69) is 5.32 Å². The number of primary amides is 1. The highest BCUT2D eigenvalue weighted by molar-refractivity contribution is 5.92. The lowest BCUT2D eigenvalue weighted by Crippen LogP contribution is -2.28. The summed E-state index contributed by atoms with van der Waals surface area (Å²) in [5, 5.41) is 12.0. The van der Waals surface area contributed by atoms with E-state index in [4.69, 9.17) is 10.5 Å². The van der Waals surface area contributed by atoms with Gasteiger partial charge in [-0.25, -0.2) is 4.79 Å². The highest BCUT2D eigenvalue weighted by Crippen LogP contribution is 2.42. The van der Waals surface area contributed by atoms with Crippen molar-refractivity contribution in [2.75, 3.05) is 12.4 Å². The van der Waals surface area contributed by atoms with Crippen molar-refractivity contribution in [1.82, 2.24) is 0 Å². The fourth-order valence-corrected chi connectivity index (χ4v) is 2.19. The van der Waals surface area contributed by atoms with Crippen molar-refractivity contribution in [1.29, 1.82) is 0 Å². The standard InChI is InChI=1S/C14H20N2O4/c1-14(2,3)10(12(17)18)8-6-5-7-9(20-4)11(8)16-13(15)19/h5-7,10H,1-4H3,(H,17,18)(H3,15,16,19). The topological polar surface area (TPSA) is 102 Å². The van der Waals surface area contributed by atoms with Gasteiger partial charge in [0, 0.05) is 0 Å². The maximum atomic E-state index is 11.6. The van der Waals surface area contributed by atoms with E-state index in [9.17, 15) is 14.7 Å². The summed E-state index contributed by atoms with van der Waals surface area (Å²) in [5.41, 5.74) is 5.37. The predicted octanol–water partition coefficient (Wildman–Crippen LogP) is 2.40. The Balaban J connectivity index is 3.48. The SMILES string of the molecule is COc1cccc(C(C(=O)O)C(C)(C)C)c1NC(N)=O. The van der Waals surface area contributed by atoms with Gasteiger partial charge in [0.05, 0.1) is 18.7 Å². The van der Waals surface area contributed by atoms with Crippen LogP contribution >= 0.6 is 0 Å². The summed E-state index contributed by atoms with van der Waals surface area (Å²) in [7, 11) is 1.44. The van der Waals surface area contributed by atoms with E-state index in [0.29, 0.717) is 17.0 Å². The first kappa shape index (κ1) is 15.8. The number of nitrogens with two attached hydrogens (primary N) is 1. The monoisotopic (exact) mass is 280 g/mol. The second-order valence-corrected chi connectivity index (χ2v) is 5.55. The molecule has 0 radical (unpaired) electrons. The molecule has 0 bridgehead atoms. The van der Waals surface area contributed by atoms with Crippen LogP contribution in [-0.2, 0) is 4.79 Å². The van der Waals surface area contributed by atoms with Crippen molar-refractivity contribution in [2.45, 2.75) is 26.7 Å². The Morgan fingerprint density at radius 1 is 1.35 bits per heavy atom. The van der Waals surface area contributed by atoms with Crippen LogP contribution in [0.25, 0.3) is 0 Å². The summed E-state index contributed by atoms with van der Waals surface area (Å²) in [6.45, 7) is 5.46. The van der Waals surface area contributed by atoms with Gasteiger partial charge in [0.25, 0.3) is 0 Å². The maximum absolute atomic E-state index is 11.6. The van der Waals surface area contributed by atoms with Crippen molar-refractivity contribution in [2.24, 2.45) is 11.1 Å². The summed E-state index contributed by atoms with van der Waals surface area (Å²) in [6.07, 6.45) is 0. The first-order chi connectivity index (χ1) is 9.18. The van der Waals surface area contributed by atoms with Gasteiger partial charge in [-0.15, -0.1) is 0 Å². The molecule has 0 heterocycles. The average molecular weight is 280 g/mol. The van der Waals surface area contributed by atoms with Crippen molar-refractivity contribution < 1.29 is 19.4 Å². The van der Waals surface area contributed by atoms with E-state index in [-0.39, 0.29) is 0 Å². The molecule has 0 saturated carbocycles. The minimum Gasteiger partial charge on any atom is -0.495 e. The average Bonchev–Trinajstić information content (AvgIpc) is 2.28. The summed E-state index contributed by atoms with van der Waals surface area (Å²) in [4.78, 5) is 22.7. The van der Waals surface area contributed by atoms with Crippen LogP contribution < -0.4 is 15.8 Å². The fourth-order valence-electron chi connectivity index (χ4n) is 2.19. The van der Waals surface area contributed by atoms with Crippen LogP contribution in [0.4, 0.5) is 10.5 Å². The molecule has 1 unspecified atom stereocenters. The number of rotatable bonds is 4. The second-order valence-electron chi connectivity index (χ2n) is 5.55. The third-order valence-electron chi connectivity index (χ3n) is 2.95. The van der Waals surface area contributed by atoms with Crippen LogP contribution in [0.2, 0.25) is 0 Å². The Morgan fingerprint density at radius 3 is 2.35 bits per heavy atom. The Labute approximate surface area is 117 Å². The third-order valence-corrected chi connectivity index (χ3v) is 2.95. The van der Waals surface area contributed by atoms with Gasteiger partial charge in [0.15, 0.2) is 0 Å². The largest absolute Gasteiger partial charge is 0.495 e. The predicted molar refractivity (Wildman–Crippen MR) is 76.0 cm³/mol. The first-order valence-electron chi connectivity index (χ1n) is 6.14. The molecule has 0 fully saturated rings. The molecular weight excluding hydrogens is 260 g/mol. The van der Waals surface area contributed by atoms with Gasteiger partial charge in [0.1, 0.15) is 5.75 Å². The molecule has 0 spiro atoms. The number of hydrogen-bond acceptors (Lipinski definition) is 3. The van der Waals surface area contributed by atoms with Crippen molar-refractivity contribution >= 4 is 17.7 Å². The zero-order valence-electron chi connectivity index (χ0n) is 12.1. The summed E-state index contributed by atoms with van der Waals surface area (Å²) in [6, 6.07) is 4.20. The number of nitrogens with one attached hydrogen (secondary N) is 1. The van der Waals surface area contributed by atoms with Gasteiger partial charge in [-0.3, -0.25) is 4.79 Å². The molecule has 0 aliphatic carbocycles. The Kier molecular flexibility index (Phi) is 4.60. The lowest BCUT2D eigenvalue weighted by molar-refractivity contribution is -0.141. The molecule has 1 aromatic carbocycles. The molecule has 6 heteroatoms. The van der Waals surface area contributed by atoms with E-state index >= 15 is 0 Å². The Bertz CT molecular complexity index is 520. The molecular formula is C14H20N2O4. The number of urea groups is 1. The molecule has 0 aliphatic rings. The minimum absolute atomic E-state index is 0.296. The number of benzene rings is 1. The smallest absolute Gasteiger partial charge is 0.316 e. The van der Waals surface area contributed by atoms with Crippen LogP contribution in [0.15, 0.2) is 18.2 Å². The summed E-state index contributed by atoms with van der Waals surface area (Å²) < 4.78 is 5.17. The molecule has 0 aromatic heterocycles. The number of carboxylic acids is 1. The lowest BCUT2D eigenvalue weighted by atomic mass is 9.76. The number of anilines is 1. The number of carbonyl (C=O) groups is 2. The number of carbonyl (C=O) groups excluding carboxylic acids is 1. The zero-order valence-corrected chi connectivity index (χ0v) is 12.1. The number of hydrogen-bond donors (Lipinski definition) is 3. The van der Waals surface area contributed by atoms with E-state index in [1.54, 1.807) is 18.2 Å². The molecule has 20 heavy (non-hydrogen) atoms. The van der Waals surface area contributed by atoms with Gasteiger partial charge < -0.3 is 20.9 Å². The van der Waals surface area contributed by atoms with E-state index in [1.165, 1.54) is 7.11 Å². The van der Waals surface area contributed by atoms with Crippen molar-refractivity contribution in [3.8, 4) is 5.75 Å². The summed E-state index contributed by atoms with van der Waals surface area (Å²) >= 11 is 0. The zero-order chi connectivity index (χ0) is 15.5. The van der Waals surface area contributed by atoms with Gasteiger partial charge in [-0.1, -0.05) is 32.9 Å². The van der Waals surface area contributed by atoms with Gasteiger partial charge >= 0.3 is 12.0 Å². The molecule has 6 nitrogen and oxygen atoms in total. The lowest BCUT2D eigenvalue weighted by Gasteiger charge is -2.29. The normalized spacial score (nSPS) is 12.6. The van der Waals surface area contributed by atoms with Crippen LogP contribution in [0.3, 0.4) is 0 Å². The minimum atomic E-state index is -0.974. The molecule has 110 valence electrons. The number of ether oxygens (including phenoxy) is 1. The second kappa shape index (κ2) is 5.81. The molecule has 2 amide bonds. The van der Waals surface area contributed by atoms with Crippen LogP contribution in [-0.4, -0.2) is 24.2 Å². The molecule has 1 rings (SSSR count). The number of carboxylic acid groups (broad SMARTS) is 1. The molecule has 0 saturated heterocycles. The van der Waals surface area contributed by atoms with Crippen LogP contribution in [0, 0.1) is 5.41 Å². The number of aliphatic carboxylic acids is 1. The Morgan fingerprint density at radius 2 is 1.95 bits per heavy atom. The number of amides is 2. The van der Waals surface area contributed by atoms with Crippen molar-refractivity contribution in [3.05, 3.63) is 23.8 Å². The van der Waals surface area contributed by atoms with Crippen LogP contribution in [0.1, 0.15) is 32.3 Å². The number of methoxy groups -OCH3 is 1. The van der Waals surface area contributed by atoms with Crippen LogP contribution in [0.5, 0.6) is 5.75 Å². The molecule has 0 aliphatic heterocycles. The van der Waals surface area contributed by atoms with Gasteiger partial charge in [-0.05, 0) is 17.0 Å². The third kappa shape index (κ3) is 3.40. The summed E-state index contributed by atoms with van der Waals surface area (Å²) in [5.74, 6) is -1.41. The first-order valence-corrected chi connectivity index (χ1v) is 6.14. The molecule has 4 N–H and O–H groups in total. The maximum Gasteiger partial charge on any atom is 0.316 e. The quantitative estimate of drug-likeness (QED) is 0.788. The van der Waals surface area contributed by atoms with E-state index in [1.807, 2.05) is 20.8 Å². The molecule has 1 atom stereocenters. The Hall–Kier alpha value is -2.24. The highest BCUT2D eigenvalue weighted by Gasteiger charge is 2.35. The number of para-hydroxylation sites is 1.